The van der Waals surface area contributed by atoms with Crippen molar-refractivity contribution in [2.45, 2.75) is 55.5 Å². The molecule has 0 bridgehead atoms. The minimum Gasteiger partial charge on any atom is -0.320 e. The average molecular weight is 517 g/mol. The highest BCUT2D eigenvalue weighted by Crippen LogP contribution is 2.42. The summed E-state index contributed by atoms with van der Waals surface area (Å²) in [6.07, 6.45) is -5.72. The fourth-order valence-corrected chi connectivity index (χ4v) is 4.93. The number of pyridine rings is 2. The summed E-state index contributed by atoms with van der Waals surface area (Å²) < 4.78 is 106. The number of rotatable bonds is 5. The standard InChI is InChI=1S/C21H17F6N5O2S/c1-11(20(22,23)24)31-35(33,34)14-5-6-17(29-10-14)18-16(8-28)15-7-12(21(25,26)27)9-30-19(15)32(18)13-3-2-4-13/h5-7,9-11,13,31H,2-4H2,1H3/t11-/m0/s1. The van der Waals surface area contributed by atoms with Gasteiger partial charge in [0.25, 0.3) is 0 Å². The first-order valence-electron chi connectivity index (χ1n) is 10.3. The molecule has 7 nitrogen and oxygen atoms in total. The summed E-state index contributed by atoms with van der Waals surface area (Å²) in [5.74, 6) is 0. The molecule has 0 radical (unpaired) electrons. The molecule has 1 aliphatic rings. The molecule has 1 fully saturated rings. The highest BCUT2D eigenvalue weighted by molar-refractivity contribution is 7.89. The molecular weight excluding hydrogens is 500 g/mol. The van der Waals surface area contributed by atoms with Crippen LogP contribution in [0.2, 0.25) is 0 Å². The van der Waals surface area contributed by atoms with Crippen LogP contribution in [-0.4, -0.2) is 35.2 Å². The molecule has 3 aromatic rings. The third-order valence-corrected chi connectivity index (χ3v) is 7.36. The van der Waals surface area contributed by atoms with Crippen LogP contribution in [-0.2, 0) is 16.2 Å². The number of aromatic nitrogens is 3. The fourth-order valence-electron chi connectivity index (χ4n) is 3.75. The molecule has 1 aliphatic carbocycles. The molecule has 0 aromatic carbocycles. The summed E-state index contributed by atoms with van der Waals surface area (Å²) in [7, 11) is -4.57. The number of nitriles is 1. The van der Waals surface area contributed by atoms with E-state index < -0.39 is 38.9 Å². The first kappa shape index (κ1) is 24.9. The van der Waals surface area contributed by atoms with Crippen LogP contribution in [0.5, 0.6) is 0 Å². The van der Waals surface area contributed by atoms with Gasteiger partial charge in [0.05, 0.1) is 22.5 Å². The Bertz CT molecular complexity index is 1420. The van der Waals surface area contributed by atoms with E-state index in [1.807, 2.05) is 6.07 Å². The number of nitrogens with zero attached hydrogens (tertiary/aromatic N) is 4. The molecule has 0 aliphatic heterocycles. The summed E-state index contributed by atoms with van der Waals surface area (Å²) in [6.45, 7) is 0.651. The van der Waals surface area contributed by atoms with Gasteiger partial charge in [-0.05, 0) is 44.4 Å². The van der Waals surface area contributed by atoms with Gasteiger partial charge in [-0.1, -0.05) is 0 Å². The minimum absolute atomic E-state index is 0.0246. The van der Waals surface area contributed by atoms with Crippen molar-refractivity contribution in [2.75, 3.05) is 0 Å². The monoisotopic (exact) mass is 517 g/mol. The van der Waals surface area contributed by atoms with E-state index in [0.717, 1.165) is 24.8 Å². The largest absolute Gasteiger partial charge is 0.417 e. The number of alkyl halides is 6. The molecule has 3 heterocycles. The molecule has 35 heavy (non-hydrogen) atoms. The van der Waals surface area contributed by atoms with Crippen LogP contribution in [0.25, 0.3) is 22.4 Å². The zero-order valence-electron chi connectivity index (χ0n) is 17.9. The third-order valence-electron chi connectivity index (χ3n) is 5.83. The molecule has 3 aromatic heterocycles. The van der Waals surface area contributed by atoms with Gasteiger partial charge in [0.1, 0.15) is 22.7 Å². The van der Waals surface area contributed by atoms with Gasteiger partial charge in [-0.3, -0.25) is 4.98 Å². The summed E-state index contributed by atoms with van der Waals surface area (Å²) >= 11 is 0. The van der Waals surface area contributed by atoms with Crippen molar-refractivity contribution in [2.24, 2.45) is 0 Å². The van der Waals surface area contributed by atoms with Gasteiger partial charge in [0.15, 0.2) is 0 Å². The molecule has 14 heteroatoms. The Morgan fingerprint density at radius 1 is 1.14 bits per heavy atom. The lowest BCUT2D eigenvalue weighted by molar-refractivity contribution is -0.147. The van der Waals surface area contributed by atoms with Gasteiger partial charge in [-0.2, -0.15) is 36.3 Å². The fraction of sp³-hybridized carbons (Fsp3) is 0.381. The lowest BCUT2D eigenvalue weighted by Gasteiger charge is -2.29. The van der Waals surface area contributed by atoms with E-state index in [1.165, 1.54) is 10.8 Å². The maximum Gasteiger partial charge on any atom is 0.417 e. The predicted molar refractivity (Wildman–Crippen MR) is 111 cm³/mol. The predicted octanol–water partition coefficient (Wildman–Crippen LogP) is 4.94. The minimum atomic E-state index is -4.80. The van der Waals surface area contributed by atoms with Crippen LogP contribution >= 0.6 is 0 Å². The van der Waals surface area contributed by atoms with Gasteiger partial charge >= 0.3 is 12.4 Å². The zero-order valence-corrected chi connectivity index (χ0v) is 18.8. The number of fused-ring (bicyclic) bond motifs is 1. The van der Waals surface area contributed by atoms with Crippen LogP contribution in [0.1, 0.15) is 43.4 Å². The van der Waals surface area contributed by atoms with Gasteiger partial charge in [-0.25, -0.2) is 13.4 Å². The quantitative estimate of drug-likeness (QED) is 0.483. The van der Waals surface area contributed by atoms with Gasteiger partial charge in [-0.15, -0.1) is 0 Å². The lowest BCUT2D eigenvalue weighted by Crippen LogP contribution is -2.42. The second-order valence-electron chi connectivity index (χ2n) is 8.15. The smallest absolute Gasteiger partial charge is 0.320 e. The van der Waals surface area contributed by atoms with E-state index >= 15 is 0 Å². The molecule has 1 saturated carbocycles. The topological polar surface area (TPSA) is 101 Å². The van der Waals surface area contributed by atoms with Crippen molar-refractivity contribution in [1.82, 2.24) is 19.3 Å². The molecule has 4 rings (SSSR count). The summed E-state index contributed by atoms with van der Waals surface area (Å²) in [5, 5.41) is 9.78. The molecular formula is C21H17F6N5O2S. The van der Waals surface area contributed by atoms with Crippen molar-refractivity contribution in [3.63, 3.8) is 0 Å². The Morgan fingerprint density at radius 3 is 2.31 bits per heavy atom. The maximum atomic E-state index is 13.3. The Balaban J connectivity index is 1.83. The van der Waals surface area contributed by atoms with E-state index in [2.05, 4.69) is 9.97 Å². The number of sulfonamides is 1. The molecule has 0 saturated heterocycles. The van der Waals surface area contributed by atoms with E-state index in [-0.39, 0.29) is 34.0 Å². The van der Waals surface area contributed by atoms with Crippen LogP contribution in [0.4, 0.5) is 26.3 Å². The van der Waals surface area contributed by atoms with Crippen molar-refractivity contribution < 1.29 is 34.8 Å². The molecule has 0 spiro atoms. The van der Waals surface area contributed by atoms with Gasteiger partial charge < -0.3 is 4.57 Å². The first-order chi connectivity index (χ1) is 16.2. The number of hydrogen-bond donors (Lipinski definition) is 1. The van der Waals surface area contributed by atoms with E-state index in [4.69, 9.17) is 0 Å². The Morgan fingerprint density at radius 2 is 1.83 bits per heavy atom. The maximum absolute atomic E-state index is 13.3. The Labute approximate surface area is 195 Å². The van der Waals surface area contributed by atoms with E-state index in [1.54, 1.807) is 4.57 Å². The Hall–Kier alpha value is -3.18. The van der Waals surface area contributed by atoms with Crippen molar-refractivity contribution in [3.8, 4) is 17.5 Å². The van der Waals surface area contributed by atoms with Crippen LogP contribution in [0.15, 0.2) is 35.5 Å². The molecule has 1 atom stereocenters. The third kappa shape index (κ3) is 4.57. The molecule has 1 N–H and O–H groups in total. The second-order valence-corrected chi connectivity index (χ2v) is 9.86. The molecule has 0 unspecified atom stereocenters. The van der Waals surface area contributed by atoms with Crippen molar-refractivity contribution >= 4 is 21.1 Å². The van der Waals surface area contributed by atoms with Crippen LogP contribution < -0.4 is 4.72 Å². The summed E-state index contributed by atoms with van der Waals surface area (Å²) in [5.41, 5.74) is -0.744. The van der Waals surface area contributed by atoms with Crippen LogP contribution in [0.3, 0.4) is 0 Å². The Kier molecular flexibility index (Phi) is 6.05. The normalized spacial score (nSPS) is 16.2. The van der Waals surface area contributed by atoms with Gasteiger partial charge in [0, 0.05) is 23.8 Å². The average Bonchev–Trinajstić information content (AvgIpc) is 3.04. The van der Waals surface area contributed by atoms with Crippen molar-refractivity contribution in [1.29, 1.82) is 5.26 Å². The summed E-state index contributed by atoms with van der Waals surface area (Å²) in [4.78, 5) is 7.47. The van der Waals surface area contributed by atoms with Crippen LogP contribution in [0, 0.1) is 11.3 Å². The second kappa shape index (κ2) is 8.49. The molecule has 186 valence electrons. The lowest BCUT2D eigenvalue weighted by atomic mass is 9.92. The van der Waals surface area contributed by atoms with Gasteiger partial charge in [0.2, 0.25) is 10.0 Å². The first-order valence-corrected chi connectivity index (χ1v) is 11.8. The van der Waals surface area contributed by atoms with E-state index in [9.17, 15) is 40.0 Å². The molecule has 0 amide bonds. The highest BCUT2D eigenvalue weighted by atomic mass is 32.2. The highest BCUT2D eigenvalue weighted by Gasteiger charge is 2.39. The van der Waals surface area contributed by atoms with Crippen molar-refractivity contribution in [3.05, 3.63) is 41.7 Å². The SMILES string of the molecule is C[C@H](NS(=O)(=O)c1ccc(-c2c(C#N)c3cc(C(F)(F)F)cnc3n2C2CCC2)nc1)C(F)(F)F. The van der Waals surface area contributed by atoms with E-state index in [0.29, 0.717) is 26.0 Å². The number of halogens is 6. The zero-order chi connectivity index (χ0) is 25.8. The number of hydrogen-bond acceptors (Lipinski definition) is 5. The number of nitrogens with one attached hydrogen (secondary N) is 1. The summed E-state index contributed by atoms with van der Waals surface area (Å²) in [6, 6.07) is 2.46.